The number of nitrogens with one attached hydrogen (secondary N) is 1. The van der Waals surface area contributed by atoms with Gasteiger partial charge in [0, 0.05) is 0 Å². The summed E-state index contributed by atoms with van der Waals surface area (Å²) in [6, 6.07) is -0.417. The Morgan fingerprint density at radius 1 is 1.67 bits per heavy atom. The molecule has 0 bridgehead atoms. The van der Waals surface area contributed by atoms with Crippen LogP contribution < -0.4 is 11.1 Å². The summed E-state index contributed by atoms with van der Waals surface area (Å²) < 4.78 is 0. The van der Waals surface area contributed by atoms with Crippen LogP contribution in [0.3, 0.4) is 0 Å². The molecule has 0 aromatic rings. The van der Waals surface area contributed by atoms with E-state index < -0.39 is 12.0 Å². The zero-order valence-electron chi connectivity index (χ0n) is 5.00. The van der Waals surface area contributed by atoms with E-state index in [4.69, 9.17) is 10.8 Å². The fourth-order valence-electron chi connectivity index (χ4n) is 0.966. The Hall–Kier alpha value is -0.610. The molecule has 1 aliphatic heterocycles. The first-order valence-electron chi connectivity index (χ1n) is 2.94. The number of carbonyl (C=O) groups is 1. The maximum absolute atomic E-state index is 10.2. The quantitative estimate of drug-likeness (QED) is 0.430. The van der Waals surface area contributed by atoms with E-state index in [0.717, 1.165) is 6.42 Å². The first kappa shape index (κ1) is 6.51. The molecule has 2 atom stereocenters. The van der Waals surface area contributed by atoms with E-state index in [0.29, 0.717) is 6.42 Å². The van der Waals surface area contributed by atoms with Crippen LogP contribution in [0.5, 0.6) is 0 Å². The summed E-state index contributed by atoms with van der Waals surface area (Å²) in [7, 11) is 0. The minimum Gasteiger partial charge on any atom is -0.480 e. The Balaban J connectivity index is 2.39. The highest BCUT2D eigenvalue weighted by Crippen LogP contribution is 2.07. The molecule has 1 heterocycles. The lowest BCUT2D eigenvalue weighted by molar-refractivity contribution is -0.139. The summed E-state index contributed by atoms with van der Waals surface area (Å²) in [5.41, 5.74) is 5.39. The molecule has 4 nitrogen and oxygen atoms in total. The predicted molar refractivity (Wildman–Crippen MR) is 31.8 cm³/mol. The molecule has 1 saturated heterocycles. The third kappa shape index (κ3) is 1.40. The molecule has 0 aromatic carbocycles. The van der Waals surface area contributed by atoms with Crippen molar-refractivity contribution in [2.24, 2.45) is 5.73 Å². The molecule has 9 heavy (non-hydrogen) atoms. The second-order valence-corrected chi connectivity index (χ2v) is 2.24. The Morgan fingerprint density at radius 2 is 2.33 bits per heavy atom. The molecular formula is C5H10N2O2. The first-order chi connectivity index (χ1) is 4.20. The number of nitrogens with two attached hydrogens (primary N) is 1. The number of aliphatic carboxylic acids is 1. The minimum absolute atomic E-state index is 0.119. The molecule has 0 saturated carbocycles. The average Bonchev–Trinajstić information content (AvgIpc) is 2.14. The molecule has 1 rings (SSSR count). The summed E-state index contributed by atoms with van der Waals surface area (Å²) in [4.78, 5) is 10.2. The van der Waals surface area contributed by atoms with Crippen LogP contribution in [0.4, 0.5) is 0 Å². The van der Waals surface area contributed by atoms with Gasteiger partial charge in [0.25, 0.3) is 0 Å². The van der Waals surface area contributed by atoms with Crippen molar-refractivity contribution in [2.45, 2.75) is 25.0 Å². The van der Waals surface area contributed by atoms with Gasteiger partial charge in [-0.3, -0.25) is 10.1 Å². The molecule has 1 fully saturated rings. The highest BCUT2D eigenvalue weighted by atomic mass is 16.4. The Morgan fingerprint density at radius 3 is 2.56 bits per heavy atom. The normalized spacial score (nSPS) is 34.8. The molecule has 4 N–H and O–H groups in total. The highest BCUT2D eigenvalue weighted by molar-refractivity contribution is 5.73. The number of hydrogen-bond acceptors (Lipinski definition) is 3. The van der Waals surface area contributed by atoms with Gasteiger partial charge in [0.15, 0.2) is 0 Å². The third-order valence-corrected chi connectivity index (χ3v) is 1.48. The molecule has 4 heteroatoms. The van der Waals surface area contributed by atoms with Gasteiger partial charge in [-0.25, -0.2) is 0 Å². The van der Waals surface area contributed by atoms with Crippen LogP contribution >= 0.6 is 0 Å². The van der Waals surface area contributed by atoms with Gasteiger partial charge in [0.05, 0.1) is 6.17 Å². The van der Waals surface area contributed by atoms with Crippen molar-refractivity contribution in [3.8, 4) is 0 Å². The van der Waals surface area contributed by atoms with Gasteiger partial charge in [0.1, 0.15) is 6.04 Å². The van der Waals surface area contributed by atoms with Gasteiger partial charge in [-0.05, 0) is 12.8 Å². The van der Waals surface area contributed by atoms with Gasteiger partial charge < -0.3 is 10.8 Å². The molecule has 1 unspecified atom stereocenters. The van der Waals surface area contributed by atoms with Crippen LogP contribution in [0.15, 0.2) is 0 Å². The summed E-state index contributed by atoms with van der Waals surface area (Å²) in [6.45, 7) is 0. The summed E-state index contributed by atoms with van der Waals surface area (Å²) in [5.74, 6) is -0.803. The standard InChI is InChI=1S/C5H10N2O2/c6-4-2-1-3(7-4)5(8)9/h3-4,7H,1-2,6H2,(H,8,9)/t3-,4?/m0/s1. The first-order valence-corrected chi connectivity index (χ1v) is 2.94. The maximum atomic E-state index is 10.2. The van der Waals surface area contributed by atoms with E-state index in [-0.39, 0.29) is 6.17 Å². The van der Waals surface area contributed by atoms with Crippen molar-refractivity contribution in [1.82, 2.24) is 5.32 Å². The predicted octanol–water partition coefficient (Wildman–Crippen LogP) is -0.892. The van der Waals surface area contributed by atoms with E-state index in [1.807, 2.05) is 0 Å². The van der Waals surface area contributed by atoms with Crippen molar-refractivity contribution in [3.05, 3.63) is 0 Å². The van der Waals surface area contributed by atoms with Gasteiger partial charge in [-0.2, -0.15) is 0 Å². The van der Waals surface area contributed by atoms with E-state index in [2.05, 4.69) is 5.32 Å². The van der Waals surface area contributed by atoms with Crippen molar-refractivity contribution < 1.29 is 9.90 Å². The average molecular weight is 130 g/mol. The topological polar surface area (TPSA) is 75.4 Å². The molecule has 0 radical (unpaired) electrons. The summed E-state index contributed by atoms with van der Waals surface area (Å²) >= 11 is 0. The fraction of sp³-hybridized carbons (Fsp3) is 0.800. The van der Waals surface area contributed by atoms with Crippen molar-refractivity contribution in [3.63, 3.8) is 0 Å². The SMILES string of the molecule is NC1CC[C@@H](C(=O)O)N1. The molecule has 0 amide bonds. The van der Waals surface area contributed by atoms with Gasteiger partial charge in [-0.1, -0.05) is 0 Å². The van der Waals surface area contributed by atoms with Crippen LogP contribution in [-0.4, -0.2) is 23.3 Å². The zero-order valence-corrected chi connectivity index (χ0v) is 5.00. The smallest absolute Gasteiger partial charge is 0.320 e. The van der Waals surface area contributed by atoms with E-state index >= 15 is 0 Å². The minimum atomic E-state index is -0.803. The lowest BCUT2D eigenvalue weighted by Gasteiger charge is -2.04. The molecule has 0 aliphatic carbocycles. The molecule has 0 aromatic heterocycles. The van der Waals surface area contributed by atoms with Gasteiger partial charge >= 0.3 is 5.97 Å². The maximum Gasteiger partial charge on any atom is 0.320 e. The zero-order chi connectivity index (χ0) is 6.85. The van der Waals surface area contributed by atoms with Gasteiger partial charge in [0.2, 0.25) is 0 Å². The van der Waals surface area contributed by atoms with Crippen LogP contribution in [0.2, 0.25) is 0 Å². The van der Waals surface area contributed by atoms with Crippen LogP contribution in [-0.2, 0) is 4.79 Å². The van der Waals surface area contributed by atoms with Crippen LogP contribution in [0.1, 0.15) is 12.8 Å². The van der Waals surface area contributed by atoms with Crippen molar-refractivity contribution in [2.75, 3.05) is 0 Å². The lowest BCUT2D eigenvalue weighted by Crippen LogP contribution is -2.39. The monoisotopic (exact) mass is 130 g/mol. The molecule has 52 valence electrons. The highest BCUT2D eigenvalue weighted by Gasteiger charge is 2.25. The summed E-state index contributed by atoms with van der Waals surface area (Å²) in [6.07, 6.45) is 1.29. The Labute approximate surface area is 53.0 Å². The molecular weight excluding hydrogens is 120 g/mol. The Bertz CT molecular complexity index is 126. The molecule has 1 aliphatic rings. The van der Waals surface area contributed by atoms with Crippen molar-refractivity contribution in [1.29, 1.82) is 0 Å². The second kappa shape index (κ2) is 2.33. The van der Waals surface area contributed by atoms with E-state index in [1.165, 1.54) is 0 Å². The van der Waals surface area contributed by atoms with Crippen LogP contribution in [0.25, 0.3) is 0 Å². The van der Waals surface area contributed by atoms with Gasteiger partial charge in [-0.15, -0.1) is 0 Å². The largest absolute Gasteiger partial charge is 0.480 e. The lowest BCUT2D eigenvalue weighted by atomic mass is 10.2. The van der Waals surface area contributed by atoms with Crippen molar-refractivity contribution >= 4 is 5.97 Å². The number of carboxylic acid groups (broad SMARTS) is 1. The third-order valence-electron chi connectivity index (χ3n) is 1.48. The van der Waals surface area contributed by atoms with Crippen LogP contribution in [0, 0.1) is 0 Å². The number of carboxylic acids is 1. The number of rotatable bonds is 1. The van der Waals surface area contributed by atoms with E-state index in [9.17, 15) is 4.79 Å². The Kier molecular flexibility index (Phi) is 1.68. The second-order valence-electron chi connectivity index (χ2n) is 2.24. The number of hydrogen-bond donors (Lipinski definition) is 3. The fourth-order valence-corrected chi connectivity index (χ4v) is 0.966. The molecule has 0 spiro atoms. The van der Waals surface area contributed by atoms with E-state index in [1.54, 1.807) is 0 Å². The summed E-state index contributed by atoms with van der Waals surface area (Å²) in [5, 5.41) is 11.1.